The molecule has 0 aliphatic heterocycles. The van der Waals surface area contributed by atoms with Crippen LogP contribution in [0.4, 0.5) is 0 Å². The minimum Gasteiger partial charge on any atom is -0.380 e. The van der Waals surface area contributed by atoms with Crippen LogP contribution in [0.2, 0.25) is 0 Å². The molecule has 0 aromatic heterocycles. The van der Waals surface area contributed by atoms with Gasteiger partial charge in [0.05, 0.1) is 12.1 Å². The molecular formula is C6H12NO. The van der Waals surface area contributed by atoms with E-state index in [0.29, 0.717) is 12.1 Å². The van der Waals surface area contributed by atoms with Crippen LogP contribution in [0.25, 0.3) is 0 Å². The van der Waals surface area contributed by atoms with Gasteiger partial charge in [0.15, 0.2) is 0 Å². The van der Waals surface area contributed by atoms with Gasteiger partial charge in [0, 0.05) is 14.2 Å². The molecule has 1 saturated carbocycles. The van der Waals surface area contributed by atoms with E-state index in [1.807, 2.05) is 7.05 Å². The van der Waals surface area contributed by atoms with Crippen LogP contribution in [0, 0.1) is 0 Å². The van der Waals surface area contributed by atoms with E-state index in [0.717, 1.165) is 0 Å². The third-order valence-electron chi connectivity index (χ3n) is 1.81. The summed E-state index contributed by atoms with van der Waals surface area (Å²) in [4.78, 5) is 0. The Morgan fingerprint density at radius 1 is 1.50 bits per heavy atom. The summed E-state index contributed by atoms with van der Waals surface area (Å²) >= 11 is 0. The molecule has 47 valence electrons. The molecule has 2 atom stereocenters. The molecule has 0 spiro atoms. The van der Waals surface area contributed by atoms with Gasteiger partial charge in [-0.15, -0.1) is 0 Å². The highest BCUT2D eigenvalue weighted by Crippen LogP contribution is 2.22. The van der Waals surface area contributed by atoms with Crippen molar-refractivity contribution in [3.05, 3.63) is 0 Å². The first-order chi connectivity index (χ1) is 3.88. The molecule has 0 aromatic rings. The zero-order valence-electron chi connectivity index (χ0n) is 5.42. The molecule has 8 heavy (non-hydrogen) atoms. The molecule has 1 aliphatic carbocycles. The summed E-state index contributed by atoms with van der Waals surface area (Å²) < 4.78 is 5.10. The first kappa shape index (κ1) is 6.05. The van der Waals surface area contributed by atoms with Gasteiger partial charge in [-0.25, -0.2) is 5.32 Å². The van der Waals surface area contributed by atoms with Crippen LogP contribution in [-0.2, 0) is 4.74 Å². The molecule has 1 aliphatic rings. The van der Waals surface area contributed by atoms with Crippen LogP contribution in [-0.4, -0.2) is 26.3 Å². The van der Waals surface area contributed by atoms with E-state index in [1.54, 1.807) is 7.11 Å². The summed E-state index contributed by atoms with van der Waals surface area (Å²) in [6, 6.07) is 0.500. The summed E-state index contributed by atoms with van der Waals surface area (Å²) in [6.45, 7) is 0. The Morgan fingerprint density at radius 2 is 2.25 bits per heavy atom. The highest BCUT2D eigenvalue weighted by Gasteiger charge is 2.29. The molecule has 0 amide bonds. The number of nitrogens with zero attached hydrogens (tertiary/aromatic N) is 1. The predicted molar refractivity (Wildman–Crippen MR) is 31.9 cm³/mol. The second-order valence-corrected chi connectivity index (χ2v) is 2.18. The largest absolute Gasteiger partial charge is 0.380 e. The first-order valence-corrected chi connectivity index (χ1v) is 3.00. The van der Waals surface area contributed by atoms with E-state index in [9.17, 15) is 0 Å². The van der Waals surface area contributed by atoms with Gasteiger partial charge in [0.2, 0.25) is 0 Å². The minimum atomic E-state index is 0.431. The molecule has 2 heteroatoms. The van der Waals surface area contributed by atoms with Crippen molar-refractivity contribution in [2.75, 3.05) is 14.2 Å². The molecule has 0 N–H and O–H groups in total. The number of methoxy groups -OCH3 is 1. The molecule has 0 saturated heterocycles. The number of hydrogen-bond donors (Lipinski definition) is 0. The monoisotopic (exact) mass is 114 g/mol. The maximum atomic E-state index is 5.10. The van der Waals surface area contributed by atoms with Crippen LogP contribution >= 0.6 is 0 Å². The van der Waals surface area contributed by atoms with Gasteiger partial charge in [-0.3, -0.25) is 0 Å². The molecule has 1 radical (unpaired) electrons. The SMILES string of the molecule is C[N]C1CCC1OC. The molecule has 2 nitrogen and oxygen atoms in total. The second-order valence-electron chi connectivity index (χ2n) is 2.18. The smallest absolute Gasteiger partial charge is 0.0741 e. The molecule has 1 fully saturated rings. The highest BCUT2D eigenvalue weighted by molar-refractivity contribution is 4.85. The summed E-state index contributed by atoms with van der Waals surface area (Å²) in [6.07, 6.45) is 2.84. The van der Waals surface area contributed by atoms with E-state index in [-0.39, 0.29) is 0 Å². The van der Waals surface area contributed by atoms with E-state index < -0.39 is 0 Å². The van der Waals surface area contributed by atoms with Crippen LogP contribution in [0.15, 0.2) is 0 Å². The number of ether oxygens (including phenoxy) is 1. The van der Waals surface area contributed by atoms with Crippen molar-refractivity contribution in [1.29, 1.82) is 0 Å². The van der Waals surface area contributed by atoms with Gasteiger partial charge in [-0.1, -0.05) is 0 Å². The topological polar surface area (TPSA) is 23.3 Å². The van der Waals surface area contributed by atoms with Crippen molar-refractivity contribution >= 4 is 0 Å². The summed E-state index contributed by atoms with van der Waals surface area (Å²) in [7, 11) is 3.61. The Morgan fingerprint density at radius 3 is 2.38 bits per heavy atom. The van der Waals surface area contributed by atoms with Crippen molar-refractivity contribution in [2.24, 2.45) is 0 Å². The lowest BCUT2D eigenvalue weighted by Gasteiger charge is -2.33. The third kappa shape index (κ3) is 0.858. The Bertz CT molecular complexity index is 60.9. The summed E-state index contributed by atoms with van der Waals surface area (Å²) in [5, 5.41) is 4.12. The van der Waals surface area contributed by atoms with Crippen molar-refractivity contribution < 1.29 is 4.74 Å². The molecule has 2 unspecified atom stereocenters. The zero-order chi connectivity index (χ0) is 5.98. The third-order valence-corrected chi connectivity index (χ3v) is 1.81. The number of hydrogen-bond acceptors (Lipinski definition) is 1. The van der Waals surface area contributed by atoms with Gasteiger partial charge in [-0.2, -0.15) is 0 Å². The Balaban J connectivity index is 2.16. The van der Waals surface area contributed by atoms with Crippen LogP contribution in [0.3, 0.4) is 0 Å². The van der Waals surface area contributed by atoms with Gasteiger partial charge < -0.3 is 4.74 Å². The minimum absolute atomic E-state index is 0.431. The number of rotatable bonds is 2. The average molecular weight is 114 g/mol. The second kappa shape index (κ2) is 2.46. The summed E-state index contributed by atoms with van der Waals surface area (Å²) in [5.41, 5.74) is 0. The highest BCUT2D eigenvalue weighted by atomic mass is 16.5. The van der Waals surface area contributed by atoms with E-state index in [4.69, 9.17) is 4.74 Å². The Kier molecular flexibility index (Phi) is 1.86. The quantitative estimate of drug-likeness (QED) is 0.509. The maximum absolute atomic E-state index is 5.10. The van der Waals surface area contributed by atoms with Gasteiger partial charge >= 0.3 is 0 Å². The maximum Gasteiger partial charge on any atom is 0.0741 e. The van der Waals surface area contributed by atoms with Gasteiger partial charge in [0.25, 0.3) is 0 Å². The van der Waals surface area contributed by atoms with Crippen molar-refractivity contribution in [3.8, 4) is 0 Å². The number of likely N-dealkylation sites (N-methyl/N-ethyl adjacent to an activating group) is 1. The van der Waals surface area contributed by atoms with Crippen LogP contribution < -0.4 is 5.32 Å². The lowest BCUT2D eigenvalue weighted by atomic mass is 9.89. The molecule has 0 aromatic carbocycles. The fourth-order valence-corrected chi connectivity index (χ4v) is 1.02. The van der Waals surface area contributed by atoms with Gasteiger partial charge in [-0.05, 0) is 12.8 Å². The normalized spacial score (nSPS) is 36.8. The lowest BCUT2D eigenvalue weighted by molar-refractivity contribution is 0.00822. The Hall–Kier alpha value is -0.0800. The van der Waals surface area contributed by atoms with E-state index in [2.05, 4.69) is 5.32 Å². The van der Waals surface area contributed by atoms with Crippen molar-refractivity contribution in [3.63, 3.8) is 0 Å². The average Bonchev–Trinajstić information content (AvgIpc) is 1.66. The molecule has 0 heterocycles. The predicted octanol–water partition coefficient (Wildman–Crippen LogP) is 0.398. The zero-order valence-corrected chi connectivity index (χ0v) is 5.42. The van der Waals surface area contributed by atoms with Crippen LogP contribution in [0.1, 0.15) is 12.8 Å². The Labute approximate surface area is 50.2 Å². The van der Waals surface area contributed by atoms with E-state index >= 15 is 0 Å². The van der Waals surface area contributed by atoms with Crippen LogP contribution in [0.5, 0.6) is 0 Å². The fourth-order valence-electron chi connectivity index (χ4n) is 1.02. The molecule has 0 bridgehead atoms. The van der Waals surface area contributed by atoms with Crippen molar-refractivity contribution in [1.82, 2.24) is 5.32 Å². The first-order valence-electron chi connectivity index (χ1n) is 3.00. The summed E-state index contributed by atoms with van der Waals surface area (Å²) in [5.74, 6) is 0. The van der Waals surface area contributed by atoms with Gasteiger partial charge in [0.1, 0.15) is 0 Å². The van der Waals surface area contributed by atoms with E-state index in [1.165, 1.54) is 12.8 Å². The molecule has 1 rings (SSSR count). The standard InChI is InChI=1S/C6H12NO/c1-7-5-3-4-6(5)8-2/h5-6H,3-4H2,1-2H3. The van der Waals surface area contributed by atoms with Crippen molar-refractivity contribution in [2.45, 2.75) is 25.0 Å². The fraction of sp³-hybridized carbons (Fsp3) is 1.00. The molecular weight excluding hydrogens is 102 g/mol. The lowest BCUT2D eigenvalue weighted by Crippen LogP contribution is -2.43.